The molecular weight excluding hydrogens is 223 g/mol. The average Bonchev–Trinajstić information content (AvgIpc) is 2.50. The molecule has 0 fully saturated rings. The summed E-state index contributed by atoms with van der Waals surface area (Å²) in [6.07, 6.45) is 0. The number of fused-ring (bicyclic) bond motifs is 1. The molecule has 0 bridgehead atoms. The van der Waals surface area contributed by atoms with Crippen LogP contribution in [-0.2, 0) is 5.67 Å². The summed E-state index contributed by atoms with van der Waals surface area (Å²) >= 11 is 7.33. The van der Waals surface area contributed by atoms with E-state index in [9.17, 15) is 4.39 Å². The predicted molar refractivity (Wildman–Crippen MR) is 56.6 cm³/mol. The predicted octanol–water partition coefficient (Wildman–Crippen LogP) is 3.55. The van der Waals surface area contributed by atoms with E-state index in [0.29, 0.717) is 5.15 Å². The first-order chi connectivity index (χ1) is 6.48. The van der Waals surface area contributed by atoms with E-state index in [1.807, 2.05) is 11.4 Å². The van der Waals surface area contributed by atoms with Crippen molar-refractivity contribution >= 4 is 33.2 Å². The molecule has 2 nitrogen and oxygen atoms in total. The highest BCUT2D eigenvalue weighted by Gasteiger charge is 2.24. The van der Waals surface area contributed by atoms with Crippen molar-refractivity contribution in [3.63, 3.8) is 0 Å². The van der Waals surface area contributed by atoms with E-state index in [1.165, 1.54) is 25.2 Å². The van der Waals surface area contributed by atoms with Crippen molar-refractivity contribution in [1.82, 2.24) is 9.97 Å². The molecule has 2 rings (SSSR count). The second-order valence-electron chi connectivity index (χ2n) is 3.45. The summed E-state index contributed by atoms with van der Waals surface area (Å²) in [5, 5.41) is 2.96. The fourth-order valence-corrected chi connectivity index (χ4v) is 2.14. The fourth-order valence-electron chi connectivity index (χ4n) is 1.09. The van der Waals surface area contributed by atoms with Gasteiger partial charge in [-0.3, -0.25) is 0 Å². The van der Waals surface area contributed by atoms with Gasteiger partial charge in [-0.2, -0.15) is 0 Å². The van der Waals surface area contributed by atoms with Crippen molar-refractivity contribution in [1.29, 1.82) is 0 Å². The SMILES string of the molecule is CC(C)(F)c1nc(Cl)c2ccsc2n1. The molecule has 2 aromatic rings. The first-order valence-corrected chi connectivity index (χ1v) is 5.34. The van der Waals surface area contributed by atoms with Crippen molar-refractivity contribution in [2.45, 2.75) is 19.5 Å². The monoisotopic (exact) mass is 230 g/mol. The summed E-state index contributed by atoms with van der Waals surface area (Å²) < 4.78 is 13.6. The maximum Gasteiger partial charge on any atom is 0.168 e. The van der Waals surface area contributed by atoms with Crippen molar-refractivity contribution in [2.24, 2.45) is 0 Å². The topological polar surface area (TPSA) is 25.8 Å². The number of hydrogen-bond acceptors (Lipinski definition) is 3. The molecule has 0 atom stereocenters. The minimum atomic E-state index is -1.55. The minimum Gasteiger partial charge on any atom is -0.236 e. The number of aromatic nitrogens is 2. The molecule has 0 unspecified atom stereocenters. The molecule has 0 amide bonds. The standard InChI is InChI=1S/C9H8ClFN2S/c1-9(2,11)8-12-6(10)5-3-4-14-7(5)13-8/h3-4H,1-2H3. The quantitative estimate of drug-likeness (QED) is 0.701. The molecule has 0 aliphatic rings. The van der Waals surface area contributed by atoms with Gasteiger partial charge in [0.1, 0.15) is 9.98 Å². The Balaban J connectivity index is 2.70. The van der Waals surface area contributed by atoms with Crippen LogP contribution in [0.15, 0.2) is 11.4 Å². The van der Waals surface area contributed by atoms with Crippen molar-refractivity contribution < 1.29 is 4.39 Å². The van der Waals surface area contributed by atoms with Gasteiger partial charge in [-0.15, -0.1) is 11.3 Å². The Kier molecular flexibility index (Phi) is 2.20. The van der Waals surface area contributed by atoms with Crippen LogP contribution in [0.2, 0.25) is 5.15 Å². The number of rotatable bonds is 1. The lowest BCUT2D eigenvalue weighted by Crippen LogP contribution is -2.14. The molecule has 0 spiro atoms. The summed E-state index contributed by atoms with van der Waals surface area (Å²) in [4.78, 5) is 8.77. The third-order valence-electron chi connectivity index (χ3n) is 1.81. The second kappa shape index (κ2) is 3.14. The second-order valence-corrected chi connectivity index (χ2v) is 4.70. The van der Waals surface area contributed by atoms with Crippen LogP contribution in [0.3, 0.4) is 0 Å². The maximum atomic E-state index is 13.6. The van der Waals surface area contributed by atoms with E-state index in [4.69, 9.17) is 11.6 Å². The average molecular weight is 231 g/mol. The number of halogens is 2. The highest BCUT2D eigenvalue weighted by atomic mass is 35.5. The van der Waals surface area contributed by atoms with Gasteiger partial charge >= 0.3 is 0 Å². The minimum absolute atomic E-state index is 0.137. The summed E-state index contributed by atoms with van der Waals surface area (Å²) in [6, 6.07) is 1.83. The van der Waals surface area contributed by atoms with Crippen LogP contribution in [-0.4, -0.2) is 9.97 Å². The summed E-state index contributed by atoms with van der Waals surface area (Å²) in [5.41, 5.74) is -1.55. The molecule has 0 aliphatic carbocycles. The zero-order valence-electron chi connectivity index (χ0n) is 7.71. The molecule has 5 heteroatoms. The third-order valence-corrected chi connectivity index (χ3v) is 2.91. The van der Waals surface area contributed by atoms with Gasteiger partial charge in [-0.05, 0) is 25.3 Å². The van der Waals surface area contributed by atoms with Crippen molar-refractivity contribution in [2.75, 3.05) is 0 Å². The van der Waals surface area contributed by atoms with Crippen LogP contribution in [0, 0.1) is 0 Å². The Morgan fingerprint density at radius 1 is 1.43 bits per heavy atom. The first-order valence-electron chi connectivity index (χ1n) is 4.08. The van der Waals surface area contributed by atoms with Crippen LogP contribution in [0.4, 0.5) is 4.39 Å². The van der Waals surface area contributed by atoms with Gasteiger partial charge in [0.25, 0.3) is 0 Å². The van der Waals surface area contributed by atoms with Crippen LogP contribution in [0.1, 0.15) is 19.7 Å². The Bertz CT molecular complexity index is 475. The van der Waals surface area contributed by atoms with Gasteiger partial charge in [-0.25, -0.2) is 14.4 Å². The van der Waals surface area contributed by atoms with E-state index >= 15 is 0 Å². The number of alkyl halides is 1. The number of nitrogens with zero attached hydrogens (tertiary/aromatic N) is 2. The zero-order chi connectivity index (χ0) is 10.3. The fraction of sp³-hybridized carbons (Fsp3) is 0.333. The van der Waals surface area contributed by atoms with Gasteiger partial charge in [0.05, 0.1) is 0 Å². The number of thiophene rings is 1. The molecule has 2 aromatic heterocycles. The lowest BCUT2D eigenvalue weighted by molar-refractivity contribution is 0.207. The summed E-state index contributed by atoms with van der Waals surface area (Å²) in [5.74, 6) is 0.137. The van der Waals surface area contributed by atoms with Gasteiger partial charge in [0.2, 0.25) is 0 Å². The smallest absolute Gasteiger partial charge is 0.168 e. The molecule has 0 saturated carbocycles. The molecule has 0 aromatic carbocycles. The van der Waals surface area contributed by atoms with Crippen LogP contribution in [0.25, 0.3) is 10.2 Å². The Morgan fingerprint density at radius 2 is 2.14 bits per heavy atom. The summed E-state index contributed by atoms with van der Waals surface area (Å²) in [6.45, 7) is 2.83. The Morgan fingerprint density at radius 3 is 2.79 bits per heavy atom. The van der Waals surface area contributed by atoms with Gasteiger partial charge < -0.3 is 0 Å². The molecular formula is C9H8ClFN2S. The zero-order valence-corrected chi connectivity index (χ0v) is 9.29. The van der Waals surface area contributed by atoms with Crippen LogP contribution >= 0.6 is 22.9 Å². The van der Waals surface area contributed by atoms with E-state index in [1.54, 1.807) is 0 Å². The number of hydrogen-bond donors (Lipinski definition) is 0. The van der Waals surface area contributed by atoms with Crippen LogP contribution < -0.4 is 0 Å². The Labute approximate surface area is 89.8 Å². The maximum absolute atomic E-state index is 13.6. The van der Waals surface area contributed by atoms with Crippen molar-refractivity contribution in [3.05, 3.63) is 22.4 Å². The van der Waals surface area contributed by atoms with E-state index in [2.05, 4.69) is 9.97 Å². The van der Waals surface area contributed by atoms with Gasteiger partial charge in [0, 0.05) is 5.39 Å². The normalized spacial score (nSPS) is 12.3. The molecule has 74 valence electrons. The molecule has 2 heterocycles. The largest absolute Gasteiger partial charge is 0.236 e. The van der Waals surface area contributed by atoms with E-state index < -0.39 is 5.67 Å². The van der Waals surface area contributed by atoms with Crippen LogP contribution in [0.5, 0.6) is 0 Å². The van der Waals surface area contributed by atoms with Crippen molar-refractivity contribution in [3.8, 4) is 0 Å². The third kappa shape index (κ3) is 1.60. The Hall–Kier alpha value is -0.740. The van der Waals surface area contributed by atoms with E-state index in [-0.39, 0.29) is 5.82 Å². The highest BCUT2D eigenvalue weighted by Crippen LogP contribution is 2.29. The molecule has 0 radical (unpaired) electrons. The molecule has 0 saturated heterocycles. The lowest BCUT2D eigenvalue weighted by atomic mass is 10.1. The van der Waals surface area contributed by atoms with Gasteiger partial charge in [0.15, 0.2) is 11.5 Å². The molecule has 14 heavy (non-hydrogen) atoms. The highest BCUT2D eigenvalue weighted by molar-refractivity contribution is 7.16. The van der Waals surface area contributed by atoms with Gasteiger partial charge in [-0.1, -0.05) is 11.6 Å². The lowest BCUT2D eigenvalue weighted by Gasteiger charge is -2.12. The summed E-state index contributed by atoms with van der Waals surface area (Å²) in [7, 11) is 0. The van der Waals surface area contributed by atoms with E-state index in [0.717, 1.165) is 10.2 Å². The first kappa shape index (κ1) is 9.80. The molecule has 0 N–H and O–H groups in total. The molecule has 0 aliphatic heterocycles.